The molecule has 2 aromatic heterocycles. The van der Waals surface area contributed by atoms with Crippen molar-refractivity contribution in [3.8, 4) is 17.3 Å². The molecule has 0 spiro atoms. The monoisotopic (exact) mass is 401 g/mol. The molecule has 0 aliphatic carbocycles. The van der Waals surface area contributed by atoms with Crippen molar-refractivity contribution in [2.75, 3.05) is 0 Å². The number of fused-ring (bicyclic) bond motifs is 1. The van der Waals surface area contributed by atoms with Gasteiger partial charge in [-0.2, -0.15) is 10.4 Å². The van der Waals surface area contributed by atoms with Crippen LogP contribution < -0.4 is 5.73 Å². The van der Waals surface area contributed by atoms with E-state index in [0.29, 0.717) is 17.1 Å². The first-order valence-electron chi connectivity index (χ1n) is 9.45. The van der Waals surface area contributed by atoms with Gasteiger partial charge < -0.3 is 5.73 Å². The van der Waals surface area contributed by atoms with Gasteiger partial charge in [-0.15, -0.1) is 0 Å². The van der Waals surface area contributed by atoms with Crippen molar-refractivity contribution < 1.29 is 0 Å². The van der Waals surface area contributed by atoms with Crippen LogP contribution in [-0.2, 0) is 13.0 Å². The molecule has 2 N–H and O–H groups in total. The number of benzene rings is 2. The molecule has 0 fully saturated rings. The third-order valence-corrected chi connectivity index (χ3v) is 5.30. The summed E-state index contributed by atoms with van der Waals surface area (Å²) >= 11 is 6.13. The number of hydrogen-bond donors (Lipinski definition) is 1. The van der Waals surface area contributed by atoms with Gasteiger partial charge in [-0.3, -0.25) is 9.67 Å². The van der Waals surface area contributed by atoms with Crippen LogP contribution >= 0.6 is 11.6 Å². The Hall–Kier alpha value is -3.20. The molecule has 0 aliphatic rings. The molecule has 29 heavy (non-hydrogen) atoms. The predicted molar refractivity (Wildman–Crippen MR) is 115 cm³/mol. The maximum Gasteiger partial charge on any atom is 0.101 e. The lowest BCUT2D eigenvalue weighted by Crippen LogP contribution is -2.27. The maximum absolute atomic E-state index is 9.00. The second-order valence-corrected chi connectivity index (χ2v) is 7.46. The van der Waals surface area contributed by atoms with E-state index in [1.54, 1.807) is 12.1 Å². The van der Waals surface area contributed by atoms with Crippen LogP contribution in [0.5, 0.6) is 0 Å². The topological polar surface area (TPSA) is 80.5 Å². The Balaban J connectivity index is 1.41. The van der Waals surface area contributed by atoms with Gasteiger partial charge in [0.05, 0.1) is 22.8 Å². The maximum atomic E-state index is 9.00. The van der Waals surface area contributed by atoms with Crippen molar-refractivity contribution >= 4 is 22.4 Å². The summed E-state index contributed by atoms with van der Waals surface area (Å²) in [6.07, 6.45) is 7.44. The van der Waals surface area contributed by atoms with Gasteiger partial charge in [-0.25, -0.2) is 0 Å². The molecular weight excluding hydrogens is 382 g/mol. The van der Waals surface area contributed by atoms with Crippen LogP contribution in [0, 0.1) is 11.3 Å². The summed E-state index contributed by atoms with van der Waals surface area (Å²) < 4.78 is 1.85. The molecule has 0 saturated heterocycles. The highest BCUT2D eigenvalue weighted by molar-refractivity contribution is 6.32. The molecule has 4 rings (SSSR count). The largest absolute Gasteiger partial charge is 0.326 e. The molecular formula is C23H20ClN5. The van der Waals surface area contributed by atoms with Crippen molar-refractivity contribution in [3.05, 3.63) is 83.3 Å². The van der Waals surface area contributed by atoms with Gasteiger partial charge in [0.2, 0.25) is 0 Å². The lowest BCUT2D eigenvalue weighted by Gasteiger charge is -2.12. The normalized spacial score (nSPS) is 12.0. The average molecular weight is 402 g/mol. The zero-order chi connectivity index (χ0) is 20.2. The Morgan fingerprint density at radius 1 is 1.14 bits per heavy atom. The summed E-state index contributed by atoms with van der Waals surface area (Å²) in [6, 6.07) is 17.6. The minimum Gasteiger partial charge on any atom is -0.326 e. The highest BCUT2D eigenvalue weighted by Crippen LogP contribution is 2.24. The molecule has 6 heteroatoms. The summed E-state index contributed by atoms with van der Waals surface area (Å²) in [6.45, 7) is 0.627. The molecule has 2 aromatic carbocycles. The first-order chi connectivity index (χ1) is 14.1. The highest BCUT2D eigenvalue weighted by Gasteiger charge is 2.10. The first kappa shape index (κ1) is 19.1. The number of nitrogens with zero attached hydrogens (tertiary/aromatic N) is 4. The van der Waals surface area contributed by atoms with E-state index in [1.165, 1.54) is 10.9 Å². The molecule has 0 radical (unpaired) electrons. The second-order valence-electron chi connectivity index (χ2n) is 7.05. The minimum absolute atomic E-state index is 0.0220. The number of nitriles is 1. The molecule has 0 saturated carbocycles. The quantitative estimate of drug-likeness (QED) is 0.512. The number of nitrogens with two attached hydrogens (primary N) is 1. The van der Waals surface area contributed by atoms with E-state index >= 15 is 0 Å². The van der Waals surface area contributed by atoms with Crippen molar-refractivity contribution in [1.82, 2.24) is 14.8 Å². The number of halogens is 1. The third-order valence-electron chi connectivity index (χ3n) is 4.98. The van der Waals surface area contributed by atoms with Crippen LogP contribution in [0.1, 0.15) is 17.5 Å². The van der Waals surface area contributed by atoms with E-state index in [0.717, 1.165) is 29.5 Å². The zero-order valence-electron chi connectivity index (χ0n) is 15.8. The number of pyridine rings is 1. The Kier molecular flexibility index (Phi) is 5.57. The summed E-state index contributed by atoms with van der Waals surface area (Å²) in [4.78, 5) is 4.34. The van der Waals surface area contributed by atoms with Gasteiger partial charge in [0.15, 0.2) is 0 Å². The van der Waals surface area contributed by atoms with Gasteiger partial charge in [0.1, 0.15) is 6.07 Å². The fraction of sp³-hybridized carbons (Fsp3) is 0.174. The summed E-state index contributed by atoms with van der Waals surface area (Å²) in [5.74, 6) is 0. The van der Waals surface area contributed by atoms with E-state index in [-0.39, 0.29) is 6.04 Å². The molecule has 5 nitrogen and oxygen atoms in total. The minimum atomic E-state index is -0.0220. The molecule has 144 valence electrons. The summed E-state index contributed by atoms with van der Waals surface area (Å²) in [5.41, 5.74) is 9.73. The van der Waals surface area contributed by atoms with Crippen molar-refractivity contribution in [2.45, 2.75) is 25.4 Å². The number of rotatable bonds is 6. The number of aryl methyl sites for hydroxylation is 1. The van der Waals surface area contributed by atoms with Gasteiger partial charge in [-0.05, 0) is 42.0 Å². The van der Waals surface area contributed by atoms with Crippen LogP contribution in [0.25, 0.3) is 22.0 Å². The molecule has 0 bridgehead atoms. The number of aromatic nitrogens is 3. The molecule has 0 unspecified atom stereocenters. The molecule has 0 amide bonds. The summed E-state index contributed by atoms with van der Waals surface area (Å²) in [7, 11) is 0. The Morgan fingerprint density at radius 3 is 2.83 bits per heavy atom. The third kappa shape index (κ3) is 4.29. The smallest absolute Gasteiger partial charge is 0.101 e. The number of hydrogen-bond acceptors (Lipinski definition) is 4. The highest BCUT2D eigenvalue weighted by atomic mass is 35.5. The molecule has 2 heterocycles. The van der Waals surface area contributed by atoms with Crippen LogP contribution in [0.2, 0.25) is 5.02 Å². The fourth-order valence-electron chi connectivity index (χ4n) is 3.43. The average Bonchev–Trinajstić information content (AvgIpc) is 3.20. The first-order valence-corrected chi connectivity index (χ1v) is 9.82. The van der Waals surface area contributed by atoms with Crippen molar-refractivity contribution in [3.63, 3.8) is 0 Å². The standard InChI is InChI=1S/C23H20ClN5/c24-22-11-16(5-6-17(22)12-25)23-9-10-29(28-23)15-20(26)8-7-19-14-27-13-18-3-1-2-4-21(18)19/h1-6,9-11,13-14,20H,7-8,15,26H2/t20-/m1/s1. The van der Waals surface area contributed by atoms with E-state index in [4.69, 9.17) is 22.6 Å². The van der Waals surface area contributed by atoms with Gasteiger partial charge in [0, 0.05) is 35.6 Å². The fourth-order valence-corrected chi connectivity index (χ4v) is 3.66. The predicted octanol–water partition coefficient (Wildman–Crippen LogP) is 4.58. The molecule has 0 aliphatic heterocycles. The van der Waals surface area contributed by atoms with Crippen LogP contribution in [0.15, 0.2) is 67.1 Å². The van der Waals surface area contributed by atoms with E-state index < -0.39 is 0 Å². The molecule has 4 aromatic rings. The van der Waals surface area contributed by atoms with Gasteiger partial charge in [-0.1, -0.05) is 41.9 Å². The second kappa shape index (κ2) is 8.44. The van der Waals surface area contributed by atoms with E-state index in [1.807, 2.05) is 47.5 Å². The summed E-state index contributed by atoms with van der Waals surface area (Å²) in [5, 5.41) is 16.4. The zero-order valence-corrected chi connectivity index (χ0v) is 16.5. The van der Waals surface area contributed by atoms with E-state index in [9.17, 15) is 0 Å². The Bertz CT molecular complexity index is 1190. The van der Waals surface area contributed by atoms with Crippen molar-refractivity contribution in [1.29, 1.82) is 5.26 Å². The lowest BCUT2D eigenvalue weighted by molar-refractivity contribution is 0.487. The van der Waals surface area contributed by atoms with Gasteiger partial charge >= 0.3 is 0 Å². The SMILES string of the molecule is N#Cc1ccc(-c2ccn(C[C@H](N)CCc3cncc4ccccc34)n2)cc1Cl. The lowest BCUT2D eigenvalue weighted by atomic mass is 10.0. The molecule has 1 atom stereocenters. The Labute approximate surface area is 174 Å². The van der Waals surface area contributed by atoms with Crippen LogP contribution in [0.3, 0.4) is 0 Å². The van der Waals surface area contributed by atoms with Crippen LogP contribution in [0.4, 0.5) is 0 Å². The Morgan fingerprint density at radius 2 is 2.00 bits per heavy atom. The van der Waals surface area contributed by atoms with Gasteiger partial charge in [0.25, 0.3) is 0 Å². The van der Waals surface area contributed by atoms with Crippen LogP contribution in [-0.4, -0.2) is 20.8 Å². The van der Waals surface area contributed by atoms with Crippen molar-refractivity contribution in [2.24, 2.45) is 5.73 Å². The van der Waals surface area contributed by atoms with E-state index in [2.05, 4.69) is 28.3 Å².